The number of rotatable bonds is 5. The summed E-state index contributed by atoms with van der Waals surface area (Å²) < 4.78 is 12.8. The lowest BCUT2D eigenvalue weighted by atomic mass is 10.2. The monoisotopic (exact) mass is 279 g/mol. The number of carbonyl (C=O) groups is 1. The van der Waals surface area contributed by atoms with Gasteiger partial charge < -0.3 is 11.1 Å². The summed E-state index contributed by atoms with van der Waals surface area (Å²) in [5.41, 5.74) is 6.88. The van der Waals surface area contributed by atoms with Crippen LogP contribution in [0.3, 0.4) is 0 Å². The van der Waals surface area contributed by atoms with Crippen molar-refractivity contribution in [2.45, 2.75) is 12.8 Å². The van der Waals surface area contributed by atoms with E-state index in [0.717, 1.165) is 11.3 Å². The van der Waals surface area contributed by atoms with Crippen molar-refractivity contribution in [1.82, 2.24) is 4.98 Å². The van der Waals surface area contributed by atoms with Gasteiger partial charge in [-0.15, -0.1) is 11.3 Å². The van der Waals surface area contributed by atoms with Crippen molar-refractivity contribution >= 4 is 22.4 Å². The molecule has 0 spiro atoms. The van der Waals surface area contributed by atoms with E-state index in [9.17, 15) is 9.18 Å². The zero-order valence-electron chi connectivity index (χ0n) is 10.2. The predicted molar refractivity (Wildman–Crippen MR) is 74.4 cm³/mol. The summed E-state index contributed by atoms with van der Waals surface area (Å²) in [5.74, 6) is -0.375. The van der Waals surface area contributed by atoms with Crippen molar-refractivity contribution < 1.29 is 9.18 Å². The number of hydrogen-bond acceptors (Lipinski definition) is 4. The van der Waals surface area contributed by atoms with Crippen LogP contribution in [-0.2, 0) is 4.79 Å². The Labute approximate surface area is 114 Å². The molecule has 2 aromatic rings. The molecule has 0 atom stereocenters. The highest BCUT2D eigenvalue weighted by molar-refractivity contribution is 7.14. The minimum atomic E-state index is -0.283. The van der Waals surface area contributed by atoms with Crippen molar-refractivity contribution in [3.63, 3.8) is 0 Å². The Bertz CT molecular complexity index is 553. The van der Waals surface area contributed by atoms with E-state index in [1.54, 1.807) is 12.1 Å². The summed E-state index contributed by atoms with van der Waals surface area (Å²) in [4.78, 5) is 15.8. The summed E-state index contributed by atoms with van der Waals surface area (Å²) in [6.07, 6.45) is 1.05. The number of halogens is 1. The average molecular weight is 279 g/mol. The number of nitrogens with two attached hydrogens (primary N) is 1. The highest BCUT2D eigenvalue weighted by Gasteiger charge is 2.07. The number of aromatic nitrogens is 1. The Morgan fingerprint density at radius 1 is 1.37 bits per heavy atom. The molecule has 0 aliphatic carbocycles. The van der Waals surface area contributed by atoms with Crippen LogP contribution in [0.1, 0.15) is 12.8 Å². The van der Waals surface area contributed by atoms with Crippen molar-refractivity contribution in [3.05, 3.63) is 35.5 Å². The van der Waals surface area contributed by atoms with E-state index in [-0.39, 0.29) is 11.7 Å². The summed E-state index contributed by atoms with van der Waals surface area (Å²) in [7, 11) is 0. The fourth-order valence-electron chi connectivity index (χ4n) is 1.53. The maximum absolute atomic E-state index is 12.8. The van der Waals surface area contributed by atoms with E-state index in [4.69, 9.17) is 5.73 Å². The molecule has 0 unspecified atom stereocenters. The number of benzene rings is 1. The number of amides is 1. The van der Waals surface area contributed by atoms with E-state index >= 15 is 0 Å². The van der Waals surface area contributed by atoms with Crippen LogP contribution < -0.4 is 11.1 Å². The molecular weight excluding hydrogens is 265 g/mol. The average Bonchev–Trinajstić information content (AvgIpc) is 2.85. The molecule has 3 N–H and O–H groups in total. The van der Waals surface area contributed by atoms with Gasteiger partial charge >= 0.3 is 0 Å². The summed E-state index contributed by atoms with van der Waals surface area (Å²) in [6, 6.07) is 6.08. The van der Waals surface area contributed by atoms with Gasteiger partial charge in [-0.1, -0.05) is 0 Å². The highest BCUT2D eigenvalue weighted by atomic mass is 32.1. The Morgan fingerprint density at radius 3 is 2.79 bits per heavy atom. The summed E-state index contributed by atoms with van der Waals surface area (Å²) in [5, 5.41) is 5.09. The van der Waals surface area contributed by atoms with Crippen LogP contribution in [0.5, 0.6) is 0 Å². The minimum absolute atomic E-state index is 0.0922. The predicted octanol–water partition coefficient (Wildman–Crippen LogP) is 2.63. The van der Waals surface area contributed by atoms with Crippen LogP contribution >= 0.6 is 11.3 Å². The van der Waals surface area contributed by atoms with Crippen LogP contribution in [0.25, 0.3) is 11.3 Å². The molecule has 4 nitrogen and oxygen atoms in total. The SMILES string of the molecule is NCCCC(=O)Nc1nc(-c2ccc(F)cc2)cs1. The lowest BCUT2D eigenvalue weighted by Crippen LogP contribution is -2.13. The zero-order valence-corrected chi connectivity index (χ0v) is 11.0. The lowest BCUT2D eigenvalue weighted by Gasteiger charge is -2.00. The number of nitrogens with zero attached hydrogens (tertiary/aromatic N) is 1. The summed E-state index contributed by atoms with van der Waals surface area (Å²) >= 11 is 1.34. The van der Waals surface area contributed by atoms with E-state index in [1.807, 2.05) is 5.38 Å². The maximum atomic E-state index is 12.8. The largest absolute Gasteiger partial charge is 0.330 e. The second-order valence-electron chi connectivity index (χ2n) is 3.99. The van der Waals surface area contributed by atoms with E-state index < -0.39 is 0 Å². The van der Waals surface area contributed by atoms with E-state index in [0.29, 0.717) is 24.5 Å². The topological polar surface area (TPSA) is 68.0 Å². The first-order valence-corrected chi connectivity index (χ1v) is 6.78. The van der Waals surface area contributed by atoms with Crippen molar-refractivity contribution in [3.8, 4) is 11.3 Å². The van der Waals surface area contributed by atoms with Crippen LogP contribution in [0.4, 0.5) is 9.52 Å². The molecule has 0 aliphatic heterocycles. The first-order chi connectivity index (χ1) is 9.19. The molecule has 0 fully saturated rings. The van der Waals surface area contributed by atoms with Gasteiger partial charge in [-0.25, -0.2) is 9.37 Å². The van der Waals surface area contributed by atoms with Crippen LogP contribution in [0.15, 0.2) is 29.6 Å². The van der Waals surface area contributed by atoms with Crippen molar-refractivity contribution in [2.75, 3.05) is 11.9 Å². The Hall–Kier alpha value is -1.79. The molecule has 2 rings (SSSR count). The highest BCUT2D eigenvalue weighted by Crippen LogP contribution is 2.25. The first kappa shape index (κ1) is 13.6. The van der Waals surface area contributed by atoms with Gasteiger partial charge in [0.2, 0.25) is 5.91 Å². The van der Waals surface area contributed by atoms with Crippen LogP contribution in [0.2, 0.25) is 0 Å². The van der Waals surface area contributed by atoms with Gasteiger partial charge in [-0.05, 0) is 37.2 Å². The first-order valence-electron chi connectivity index (χ1n) is 5.90. The molecule has 0 saturated heterocycles. The van der Waals surface area contributed by atoms with E-state index in [1.165, 1.54) is 23.5 Å². The molecule has 100 valence electrons. The third-order valence-electron chi connectivity index (χ3n) is 2.50. The number of nitrogens with one attached hydrogen (secondary N) is 1. The Morgan fingerprint density at radius 2 is 2.11 bits per heavy atom. The normalized spacial score (nSPS) is 10.4. The molecule has 19 heavy (non-hydrogen) atoms. The molecule has 1 aromatic carbocycles. The van der Waals surface area contributed by atoms with E-state index in [2.05, 4.69) is 10.3 Å². The number of thiazole rings is 1. The van der Waals surface area contributed by atoms with Gasteiger partial charge in [0.25, 0.3) is 0 Å². The molecule has 1 aromatic heterocycles. The maximum Gasteiger partial charge on any atom is 0.226 e. The fourth-order valence-corrected chi connectivity index (χ4v) is 2.26. The molecule has 0 radical (unpaired) electrons. The number of hydrogen-bond donors (Lipinski definition) is 2. The van der Waals surface area contributed by atoms with Crippen molar-refractivity contribution in [2.24, 2.45) is 5.73 Å². The van der Waals surface area contributed by atoms with Gasteiger partial charge in [-0.2, -0.15) is 0 Å². The Balaban J connectivity index is 2.02. The molecule has 1 heterocycles. The van der Waals surface area contributed by atoms with Crippen molar-refractivity contribution in [1.29, 1.82) is 0 Å². The molecule has 0 aliphatic rings. The van der Waals surface area contributed by atoms with Gasteiger partial charge in [-0.3, -0.25) is 4.79 Å². The zero-order chi connectivity index (χ0) is 13.7. The van der Waals surface area contributed by atoms with Gasteiger partial charge in [0.05, 0.1) is 5.69 Å². The second-order valence-corrected chi connectivity index (χ2v) is 4.84. The van der Waals surface area contributed by atoms with Gasteiger partial charge in [0, 0.05) is 17.4 Å². The molecule has 0 saturated carbocycles. The molecule has 1 amide bonds. The van der Waals surface area contributed by atoms with Crippen LogP contribution in [-0.4, -0.2) is 17.4 Å². The fraction of sp³-hybridized carbons (Fsp3) is 0.231. The third kappa shape index (κ3) is 3.84. The molecule has 6 heteroatoms. The summed E-state index contributed by atoms with van der Waals surface area (Å²) in [6.45, 7) is 0.492. The van der Waals surface area contributed by atoms with Gasteiger partial charge in [0.1, 0.15) is 5.82 Å². The Kier molecular flexibility index (Phi) is 4.59. The smallest absolute Gasteiger partial charge is 0.226 e. The number of anilines is 1. The minimum Gasteiger partial charge on any atom is -0.330 e. The quantitative estimate of drug-likeness (QED) is 0.884. The standard InChI is InChI=1S/C13H14FN3OS/c14-10-5-3-9(4-6-10)11-8-19-13(16-11)17-12(18)2-1-7-15/h3-6,8H,1-2,7,15H2,(H,16,17,18). The third-order valence-corrected chi connectivity index (χ3v) is 3.26. The lowest BCUT2D eigenvalue weighted by molar-refractivity contribution is -0.116. The number of carbonyl (C=O) groups excluding carboxylic acids is 1. The van der Waals surface area contributed by atoms with Crippen LogP contribution in [0, 0.1) is 5.82 Å². The second kappa shape index (κ2) is 6.40. The molecular formula is C13H14FN3OS. The molecule has 0 bridgehead atoms. The van der Waals surface area contributed by atoms with Gasteiger partial charge in [0.15, 0.2) is 5.13 Å².